The lowest BCUT2D eigenvalue weighted by molar-refractivity contribution is -0.0629. The van der Waals surface area contributed by atoms with E-state index in [9.17, 15) is 54.0 Å². The Hall–Kier alpha value is -7.14. The van der Waals surface area contributed by atoms with Crippen LogP contribution in [0.25, 0.3) is 33.5 Å². The van der Waals surface area contributed by atoms with Crippen LogP contribution in [0, 0.1) is 38.2 Å². The number of aromatic nitrogens is 15. The highest BCUT2D eigenvalue weighted by atomic mass is 32.2. The minimum atomic E-state index is -3.49. The smallest absolute Gasteiger partial charge is 0.191 e. The normalized spacial score (nSPS) is 39.1. The van der Waals surface area contributed by atoms with Gasteiger partial charge in [0.15, 0.2) is 66.4 Å². The number of nitrogens with zero attached hydrogens (tertiary/aromatic N) is 15. The maximum Gasteiger partial charge on any atom is 0.191 e. The Morgan fingerprint density at radius 1 is 0.491 bits per heavy atom. The molecule has 9 aromatic rings. The van der Waals surface area contributed by atoms with Crippen molar-refractivity contribution < 1.29 is 124 Å². The predicted octanol–water partition coefficient (Wildman–Crippen LogP) is 6.55. The van der Waals surface area contributed by atoms with Crippen LogP contribution in [0.2, 0.25) is 0 Å². The van der Waals surface area contributed by atoms with Crippen molar-refractivity contribution in [2.24, 2.45) is 0 Å². The first-order valence-electron chi connectivity index (χ1n) is 51.2. The summed E-state index contributed by atoms with van der Waals surface area (Å²) in [7, 11) is 0. The van der Waals surface area contributed by atoms with E-state index in [-0.39, 0.29) is 111 Å². The van der Waals surface area contributed by atoms with Gasteiger partial charge < -0.3 is 76.1 Å². The van der Waals surface area contributed by atoms with Crippen LogP contribution >= 0.6 is 35.3 Å². The summed E-state index contributed by atoms with van der Waals surface area (Å²) in [4.78, 5) is 25.2. The van der Waals surface area contributed by atoms with Crippen molar-refractivity contribution in [1.29, 1.82) is 0 Å². The Balaban J connectivity index is 0.000000182. The molecule has 0 bridgehead atoms. The molecule has 0 aliphatic heterocycles. The van der Waals surface area contributed by atoms with Crippen molar-refractivity contribution in [1.82, 2.24) is 74.9 Å². The van der Waals surface area contributed by atoms with Crippen molar-refractivity contribution in [3.05, 3.63) is 105 Å². The number of aliphatic hydroxyl groups excluding tert-OH is 7. The summed E-state index contributed by atoms with van der Waals surface area (Å²) in [6.45, 7) is -4.01. The molecule has 6 heterocycles. The predicted molar refractivity (Wildman–Crippen MR) is 398 cm³/mol. The molecule has 15 rings (SSSR count). The molecule has 6 aliphatic carbocycles. The monoisotopic (exact) mass is 1590 g/mol. The Morgan fingerprint density at radius 2 is 0.833 bits per heavy atom. The number of anilines is 3. The fraction of sp³-hybridized carbons (Fsp3) is 0.583. The van der Waals surface area contributed by atoms with E-state index in [2.05, 4.69) is 76.8 Å². The highest BCUT2D eigenvalue weighted by Gasteiger charge is 2.49. The molecule has 0 saturated heterocycles. The van der Waals surface area contributed by atoms with Crippen molar-refractivity contribution in [2.75, 3.05) is 72.6 Å². The summed E-state index contributed by atoms with van der Waals surface area (Å²) < 4.78 is 368. The van der Waals surface area contributed by atoms with E-state index in [0.717, 1.165) is 48.7 Å². The molecule has 6 saturated carbocycles. The second kappa shape index (κ2) is 35.1. The van der Waals surface area contributed by atoms with Gasteiger partial charge in [-0.3, -0.25) is 0 Å². The lowest BCUT2D eigenvalue weighted by atomic mass is 10.1. The zero-order chi connectivity index (χ0) is 109. The summed E-state index contributed by atoms with van der Waals surface area (Å²) in [5, 5.41) is 122. The fourth-order valence-corrected chi connectivity index (χ4v) is 13.0. The first-order valence-corrected chi connectivity index (χ1v) is 35.2. The van der Waals surface area contributed by atoms with E-state index >= 15 is 0 Å². The van der Waals surface area contributed by atoms with Crippen LogP contribution in [0.1, 0.15) is 198 Å². The molecular weight excluding hydrogens is 1460 g/mol. The van der Waals surface area contributed by atoms with E-state index in [0.29, 0.717) is 11.8 Å². The van der Waals surface area contributed by atoms with Crippen molar-refractivity contribution in [2.45, 2.75) is 223 Å². The molecule has 6 aromatic heterocycles. The third-order valence-electron chi connectivity index (χ3n) is 17.1. The van der Waals surface area contributed by atoms with Gasteiger partial charge in [0.2, 0.25) is 0 Å². The fourth-order valence-electron chi connectivity index (χ4n) is 11.6. The number of ether oxygens (including phenoxy) is 3. The third-order valence-corrected chi connectivity index (χ3v) is 19.2. The lowest BCUT2D eigenvalue weighted by Crippen LogP contribution is -2.33. The van der Waals surface area contributed by atoms with Crippen LogP contribution in [-0.2, 0) is 14.2 Å². The average Bonchev–Trinajstić information content (AvgIpc) is 1.48. The Morgan fingerprint density at radius 3 is 1.16 bits per heavy atom. The van der Waals surface area contributed by atoms with Gasteiger partial charge in [0.1, 0.15) is 54.1 Å². The van der Waals surface area contributed by atoms with Crippen molar-refractivity contribution in [3.8, 4) is 0 Å². The Labute approximate surface area is 685 Å². The minimum absolute atomic E-state index is 0.0417. The van der Waals surface area contributed by atoms with Gasteiger partial charge in [-0.05, 0) is 111 Å². The van der Waals surface area contributed by atoms with Gasteiger partial charge in [-0.1, -0.05) is 108 Å². The topological polar surface area (TPSA) is 415 Å². The van der Waals surface area contributed by atoms with E-state index in [1.54, 1.807) is 0 Å². The van der Waals surface area contributed by atoms with Crippen LogP contribution < -0.4 is 16.0 Å². The molecule has 0 amide bonds. The van der Waals surface area contributed by atoms with Gasteiger partial charge in [-0.15, -0.1) is 15.3 Å². The quantitative estimate of drug-likeness (QED) is 0.0168. The summed E-state index contributed by atoms with van der Waals surface area (Å²) in [5.41, 5.74) is -12.8. The minimum Gasteiger partial charge on any atom is -0.394 e. The number of thioether (sulfide) groups is 3. The van der Waals surface area contributed by atoms with Gasteiger partial charge in [-0.25, -0.2) is 57.1 Å². The van der Waals surface area contributed by atoms with Crippen LogP contribution in [0.15, 0.2) is 69.9 Å². The van der Waals surface area contributed by atoms with E-state index in [4.69, 9.17) is 70.0 Å². The largest absolute Gasteiger partial charge is 0.394 e. The second-order valence-corrected chi connectivity index (χ2v) is 26.5. The summed E-state index contributed by atoms with van der Waals surface area (Å²) in [6.07, 6.45) is -28.1. The van der Waals surface area contributed by atoms with Gasteiger partial charge in [0, 0.05) is 98.2 Å². The zero-order valence-corrected chi connectivity index (χ0v) is 59.6. The molecule has 108 heavy (non-hydrogen) atoms. The molecule has 6 aliphatic rings. The second-order valence-electron chi connectivity index (χ2n) is 24.1. The van der Waals surface area contributed by atoms with Crippen molar-refractivity contribution >= 4 is 86.2 Å². The molecule has 30 nitrogen and oxygen atoms in total. The summed E-state index contributed by atoms with van der Waals surface area (Å²) >= 11 is 0.922. The number of halogens is 3. The maximum atomic E-state index is 14.9. The molecule has 0 spiro atoms. The van der Waals surface area contributed by atoms with E-state index in [1.165, 1.54) is 6.92 Å². The molecule has 0 unspecified atom stereocenters. The van der Waals surface area contributed by atoms with Gasteiger partial charge >= 0.3 is 0 Å². The highest BCUT2D eigenvalue weighted by molar-refractivity contribution is 7.99. The van der Waals surface area contributed by atoms with E-state index in [1.807, 2.05) is 0 Å². The van der Waals surface area contributed by atoms with Gasteiger partial charge in [0.05, 0.1) is 101 Å². The number of fused-ring (bicyclic) bond motifs is 3. The third kappa shape index (κ3) is 17.5. The number of nitrogens with one attached hydrogen (secondary N) is 3. The SMILES string of the molecule is [2H]c1c([2H])c([C@]2([2H])C([2H])([2H])[C@@]2([2H])Nc2nc(SC([2H])([2H])C([2H])([2H])C)nc3c2nnn3[C@@H]2C[C@H](OCC([2H])([2H])O)[C@@H](O)[C@H]2O)c([2H])c(F)c1C.[2H]c1c([2H])c([C@]2([2H])C([2H])([2H])[C@@]2([2H])Nc2nc(SC([2H])([2H])C([2H])([2H])C)nc3c2nnn3[C@@H]2C[C@H](OCCO)[C@@H](O)[C@H]2O)c([2H])c(F)c1C.[2H]c1c([2H])c([C@]2([2H])C([2H])([2H])[C@@]2([2H])Nc2nc(SC([2H])([2H])CC)nc3c2nnn3[C@@H]2C[C@H](OC([2H])([2H])C([2H])([2H])O)[C@@H](O)[C@H]2O)c([2H])c(F)c1C. The van der Waals surface area contributed by atoms with Crippen molar-refractivity contribution in [3.63, 3.8) is 0 Å². The molecular formula is C72H93F3N18O12S3. The molecule has 6 fully saturated rings. The summed E-state index contributed by atoms with van der Waals surface area (Å²) in [5.74, 6) is -13.9. The van der Waals surface area contributed by atoms with Crippen LogP contribution in [0.3, 0.4) is 0 Å². The number of hydrogen-bond donors (Lipinski definition) is 12. The Kier molecular flexibility index (Phi) is 14.5. The van der Waals surface area contributed by atoms with E-state index < -0.39 is 307 Å². The van der Waals surface area contributed by atoms with Gasteiger partial charge in [0.25, 0.3) is 0 Å². The van der Waals surface area contributed by atoms with Crippen LogP contribution in [-0.4, -0.2) is 250 Å². The zero-order valence-electron chi connectivity index (χ0n) is 94.2. The molecule has 18 atom stereocenters. The molecule has 0 radical (unpaired) electrons. The van der Waals surface area contributed by atoms with Crippen LogP contribution in [0.5, 0.6) is 0 Å². The number of benzene rings is 3. The standard InChI is InChI=1S/3C24H31FN6O4S/c3*1-3-8-36-24-27-22(26-16-10-14(16)13-5-4-12(2)15(25)9-13)19-23(28-24)31(30-29-19)17-11-18(35-7-6-32)21(34)20(17)33/h3*4-5,9,14,16-18,20-21,32-34H,3,6-8,10-11H2,1-2H3,(H,26,27,28)/t3*14-,16+,17+,18-,20-,21+/m000/s1/i4D,5D,6D2,7D2,8D2,9D,10D2,14D,16D;3D2,4D,5D,6D2,8D2,9D,10D2,14D,16D;3D2,4D,5D,8D2,9D,10D2,14D,16D. The Bertz CT molecular complexity index is 6490. The summed E-state index contributed by atoms with van der Waals surface area (Å²) in [6, 6.07) is -19.7. The molecule has 12 N–H and O–H groups in total. The lowest BCUT2D eigenvalue weighted by Gasteiger charge is -2.17. The number of aliphatic hydroxyl groups is 9. The molecule has 36 heteroatoms. The molecule has 582 valence electrons. The average molecular weight is 1590 g/mol. The van der Waals surface area contributed by atoms with Crippen LogP contribution in [0.4, 0.5) is 30.6 Å². The van der Waals surface area contributed by atoms with Gasteiger partial charge in [-0.2, -0.15) is 0 Å². The first kappa shape index (κ1) is 44.8. The molecule has 3 aromatic carbocycles. The highest BCUT2D eigenvalue weighted by Crippen LogP contribution is 2.48. The first-order chi connectivity index (χ1) is 66.1. The number of rotatable bonds is 30. The number of hydrogen-bond acceptors (Lipinski definition) is 30. The maximum absolute atomic E-state index is 14.9.